The normalized spacial score (nSPS) is 21.2. The molecule has 0 spiro atoms. The average molecular weight is 1010 g/mol. The number of thiazole rings is 1. The van der Waals surface area contributed by atoms with E-state index < -0.39 is 23.5 Å². The van der Waals surface area contributed by atoms with Gasteiger partial charge in [0.15, 0.2) is 0 Å². The van der Waals surface area contributed by atoms with Crippen molar-refractivity contribution in [3.63, 3.8) is 0 Å². The number of likely N-dealkylation sites (N-methyl/N-ethyl adjacent to an activating group) is 2. The topological polar surface area (TPSA) is 157 Å². The summed E-state index contributed by atoms with van der Waals surface area (Å²) in [5, 5.41) is 12.8. The van der Waals surface area contributed by atoms with Gasteiger partial charge < -0.3 is 25.6 Å². The van der Waals surface area contributed by atoms with E-state index in [-0.39, 0.29) is 41.6 Å². The van der Waals surface area contributed by atoms with E-state index in [0.717, 1.165) is 81.0 Å². The number of amides is 1. The van der Waals surface area contributed by atoms with Crippen LogP contribution in [0.15, 0.2) is 85.2 Å². The van der Waals surface area contributed by atoms with Crippen LogP contribution in [-0.4, -0.2) is 129 Å². The molecule has 4 aromatic heterocycles. The molecule has 4 fully saturated rings. The molecule has 1 amide bonds. The van der Waals surface area contributed by atoms with Gasteiger partial charge >= 0.3 is 12.4 Å². The number of anilines is 2. The van der Waals surface area contributed by atoms with Crippen molar-refractivity contribution in [2.24, 2.45) is 0 Å². The average Bonchev–Trinajstić information content (AvgIpc) is 3.89. The maximum absolute atomic E-state index is 13.2. The Bertz CT molecular complexity index is 2670. The Morgan fingerprint density at radius 1 is 0.746 bits per heavy atom. The summed E-state index contributed by atoms with van der Waals surface area (Å²) in [7, 11) is 3.72. The molecule has 2 aliphatic heterocycles. The number of benzene rings is 2. The van der Waals surface area contributed by atoms with Crippen LogP contribution >= 0.6 is 11.3 Å². The summed E-state index contributed by atoms with van der Waals surface area (Å²) in [5.74, 6) is 1.64. The Morgan fingerprint density at radius 2 is 1.34 bits per heavy atom. The number of hydrogen-bond acceptors (Lipinski definition) is 14. The summed E-state index contributed by atoms with van der Waals surface area (Å²) in [5.41, 5.74) is 0.668. The lowest BCUT2D eigenvalue weighted by Gasteiger charge is -2.46. The third-order valence-electron chi connectivity index (χ3n) is 14.0. The Kier molecular flexibility index (Phi) is 16.7. The minimum atomic E-state index is -4.46. The Morgan fingerprint density at radius 3 is 1.90 bits per heavy atom. The van der Waals surface area contributed by atoms with E-state index in [1.54, 1.807) is 23.3 Å². The van der Waals surface area contributed by atoms with Crippen LogP contribution in [0.4, 0.5) is 38.0 Å². The summed E-state index contributed by atoms with van der Waals surface area (Å²) >= 11 is 1.74. The molecule has 0 atom stereocenters. The van der Waals surface area contributed by atoms with Crippen molar-refractivity contribution in [1.82, 2.24) is 50.3 Å². The first-order valence-electron chi connectivity index (χ1n) is 23.9. The highest BCUT2D eigenvalue weighted by atomic mass is 32.1. The number of fused-ring (bicyclic) bond motifs is 2. The lowest BCUT2D eigenvalue weighted by Crippen LogP contribution is -2.63. The minimum Gasteiger partial charge on any atom is -0.363 e. The molecule has 0 radical (unpaired) electrons. The predicted molar refractivity (Wildman–Crippen MR) is 261 cm³/mol. The minimum absolute atomic E-state index is 0.00220. The van der Waals surface area contributed by atoms with Gasteiger partial charge in [-0.25, -0.2) is 24.9 Å². The number of alkyl halides is 6. The number of rotatable bonds is 12. The van der Waals surface area contributed by atoms with Gasteiger partial charge in [0.1, 0.15) is 30.6 Å². The molecule has 2 aliphatic carbocycles. The first-order chi connectivity index (χ1) is 34.2. The first kappa shape index (κ1) is 51.5. The molecule has 378 valence electrons. The van der Waals surface area contributed by atoms with Crippen molar-refractivity contribution in [2.75, 3.05) is 63.6 Å². The summed E-state index contributed by atoms with van der Waals surface area (Å²) < 4.78 is 77.3. The number of hydrogen-bond donors (Lipinski definition) is 3. The van der Waals surface area contributed by atoms with Crippen LogP contribution in [0.25, 0.3) is 21.8 Å². The molecular weight excluding hydrogens is 947 g/mol. The molecule has 2 saturated carbocycles. The standard InChI is InChI=1S/C24H27F3N6OS.C15H23N3.C11H8F3N3O/c1-32(22-19-10-16(24(25,26)27)4-7-20(19)29-14-30-22)13-21(34)31-17-11-33(12-17)18-5-2-15(3-6-18)23-28-8-9-35-23;1-16-14-10-18(11-14)15-6-4-12(5-7-15)13-3-2-8-17-9-13;12-11(13,14)7-1-2-9-8(5-7)10(15-3-4-18)17-6-16-9/h4,7-10,14-15,17-18H,2-3,5-6,11-13H2,1H3,(H,31,34);2-3,8-9,12,14-16H,4-7,10-11H2,1H3;1-2,4-6H,3H2,(H,15,16,17). The summed E-state index contributed by atoms with van der Waals surface area (Å²) in [6, 6.07) is 13.1. The molecule has 14 nitrogen and oxygen atoms in total. The number of nitrogens with zero attached hydrogens (tertiary/aromatic N) is 9. The van der Waals surface area contributed by atoms with Gasteiger partial charge in [0.25, 0.3) is 0 Å². The molecule has 71 heavy (non-hydrogen) atoms. The predicted octanol–water partition coefficient (Wildman–Crippen LogP) is 8.34. The van der Waals surface area contributed by atoms with Crippen molar-refractivity contribution in [2.45, 2.75) is 99.7 Å². The fourth-order valence-electron chi connectivity index (χ4n) is 10.0. The third kappa shape index (κ3) is 13.2. The number of aldehydes is 1. The van der Waals surface area contributed by atoms with Crippen molar-refractivity contribution < 1.29 is 35.9 Å². The number of pyridine rings is 1. The Hall–Kier alpha value is -5.90. The SMILES string of the molecule is CN(CC(=O)NC1CN(C2CCC(c3nccs3)CC2)C1)c1ncnc2ccc(C(F)(F)F)cc12.CNC1CN(C2CCC(c3cccnc3)CC2)C1.O=CCNc1ncnc2ccc(C(F)(F)F)cc12. The zero-order valence-corrected chi connectivity index (χ0v) is 40.4. The van der Waals surface area contributed by atoms with Crippen LogP contribution in [0, 0.1) is 0 Å². The van der Waals surface area contributed by atoms with E-state index in [4.69, 9.17) is 0 Å². The Labute approximate surface area is 412 Å². The van der Waals surface area contributed by atoms with Gasteiger partial charge in [-0.3, -0.25) is 19.6 Å². The molecule has 0 bridgehead atoms. The van der Waals surface area contributed by atoms with Gasteiger partial charge in [-0.15, -0.1) is 11.3 Å². The summed E-state index contributed by atoms with van der Waals surface area (Å²) in [4.78, 5) is 54.2. The highest BCUT2D eigenvalue weighted by molar-refractivity contribution is 7.09. The molecule has 2 saturated heterocycles. The van der Waals surface area contributed by atoms with Crippen molar-refractivity contribution >= 4 is 57.0 Å². The smallest absolute Gasteiger partial charge is 0.363 e. The zero-order chi connectivity index (χ0) is 50.1. The number of nitrogens with one attached hydrogen (secondary N) is 3. The number of carbonyl (C=O) groups excluding carboxylic acids is 2. The molecule has 3 N–H and O–H groups in total. The van der Waals surface area contributed by atoms with E-state index in [1.807, 2.05) is 24.0 Å². The Balaban J connectivity index is 0.000000158. The van der Waals surface area contributed by atoms with E-state index in [1.165, 1.54) is 74.1 Å². The van der Waals surface area contributed by atoms with Gasteiger partial charge in [-0.05, 0) is 112 Å². The fraction of sp³-hybridized carbons (Fsp3) is 0.480. The van der Waals surface area contributed by atoms with Crippen LogP contribution < -0.4 is 20.9 Å². The lowest BCUT2D eigenvalue weighted by atomic mass is 9.81. The number of halogens is 6. The second-order valence-electron chi connectivity index (χ2n) is 18.6. The van der Waals surface area contributed by atoms with Gasteiger partial charge in [0.05, 0.1) is 46.3 Å². The highest BCUT2D eigenvalue weighted by Gasteiger charge is 2.37. The number of aromatic nitrogens is 6. The molecular formula is C50H58F6N12O2S. The van der Waals surface area contributed by atoms with Crippen LogP contribution in [0.2, 0.25) is 0 Å². The molecule has 2 aromatic carbocycles. The van der Waals surface area contributed by atoms with Crippen LogP contribution in [0.5, 0.6) is 0 Å². The maximum Gasteiger partial charge on any atom is 0.416 e. The molecule has 6 aromatic rings. The van der Waals surface area contributed by atoms with E-state index in [9.17, 15) is 35.9 Å². The largest absolute Gasteiger partial charge is 0.416 e. The quantitative estimate of drug-likeness (QED) is 0.0795. The van der Waals surface area contributed by atoms with E-state index >= 15 is 0 Å². The molecule has 21 heteroatoms. The third-order valence-corrected chi connectivity index (χ3v) is 14.9. The van der Waals surface area contributed by atoms with Gasteiger partial charge in [-0.1, -0.05) is 6.07 Å². The van der Waals surface area contributed by atoms with Crippen molar-refractivity contribution in [3.05, 3.63) is 107 Å². The van der Waals surface area contributed by atoms with E-state index in [2.05, 4.69) is 74.8 Å². The van der Waals surface area contributed by atoms with Gasteiger partial charge in [0.2, 0.25) is 5.91 Å². The number of likely N-dealkylation sites (tertiary alicyclic amines) is 2. The molecule has 4 aliphatic rings. The second-order valence-corrected chi connectivity index (χ2v) is 19.5. The molecule has 10 rings (SSSR count). The highest BCUT2D eigenvalue weighted by Crippen LogP contribution is 2.39. The maximum atomic E-state index is 13.2. The fourth-order valence-corrected chi connectivity index (χ4v) is 10.8. The second kappa shape index (κ2) is 23.1. The summed E-state index contributed by atoms with van der Waals surface area (Å²) in [6.07, 6.45) is 10.00. The van der Waals surface area contributed by atoms with Crippen LogP contribution in [-0.2, 0) is 21.9 Å². The first-order valence-corrected chi connectivity index (χ1v) is 24.8. The monoisotopic (exact) mass is 1000 g/mol. The zero-order valence-electron chi connectivity index (χ0n) is 39.5. The van der Waals surface area contributed by atoms with Crippen LogP contribution in [0.3, 0.4) is 0 Å². The molecule has 6 heterocycles. The van der Waals surface area contributed by atoms with Gasteiger partial charge in [-0.2, -0.15) is 26.3 Å². The number of carbonyl (C=O) groups is 2. The van der Waals surface area contributed by atoms with E-state index in [0.29, 0.717) is 35.1 Å². The molecule has 0 unspecified atom stereocenters. The van der Waals surface area contributed by atoms with Crippen LogP contribution in [0.1, 0.15) is 84.9 Å². The van der Waals surface area contributed by atoms with Gasteiger partial charge in [0, 0.05) is 92.0 Å². The van der Waals surface area contributed by atoms with Crippen molar-refractivity contribution in [3.8, 4) is 0 Å². The van der Waals surface area contributed by atoms with Crippen molar-refractivity contribution in [1.29, 1.82) is 0 Å². The summed E-state index contributed by atoms with van der Waals surface area (Å²) in [6.45, 7) is 4.12. The lowest BCUT2D eigenvalue weighted by molar-refractivity contribution is -0.138.